The maximum absolute atomic E-state index is 12.5. The van der Waals surface area contributed by atoms with E-state index in [1.807, 2.05) is 0 Å². The third-order valence-corrected chi connectivity index (χ3v) is 2.59. The van der Waals surface area contributed by atoms with E-state index in [1.165, 1.54) is 22.6 Å². The molecule has 0 saturated heterocycles. The summed E-state index contributed by atoms with van der Waals surface area (Å²) in [5, 5.41) is 7.94. The number of carbonyl (C=O) groups is 1. The molecule has 0 saturated carbocycles. The van der Waals surface area contributed by atoms with E-state index < -0.39 is 28.4 Å². The second-order valence-corrected chi connectivity index (χ2v) is 3.97. The van der Waals surface area contributed by atoms with Crippen LogP contribution in [0.5, 0.6) is 0 Å². The molecule has 0 aliphatic rings. The molecule has 0 spiro atoms. The molecule has 0 atom stereocenters. The van der Waals surface area contributed by atoms with Gasteiger partial charge in [0.05, 0.1) is 5.56 Å². The number of rotatable bonds is 1. The van der Waals surface area contributed by atoms with Gasteiger partial charge in [0, 0.05) is 9.77 Å². The molecule has 15 heavy (non-hydrogen) atoms. The quantitative estimate of drug-likeness (QED) is 0.625. The van der Waals surface area contributed by atoms with E-state index in [9.17, 15) is 18.0 Å². The predicted octanol–water partition coefficient (Wildman–Crippen LogP) is 3.06. The van der Waals surface area contributed by atoms with Crippen LogP contribution in [0.4, 0.5) is 13.2 Å². The highest BCUT2D eigenvalue weighted by Crippen LogP contribution is 2.37. The fourth-order valence-corrected chi connectivity index (χ4v) is 1.88. The molecule has 3 nitrogen and oxygen atoms in total. The number of hydrogen-bond donors (Lipinski definition) is 1. The summed E-state index contributed by atoms with van der Waals surface area (Å²) in [6, 6.07) is 0. The Kier molecular flexibility index (Phi) is 3.44. The number of carboxylic acids is 1. The number of halogens is 5. The molecule has 1 N–H and O–H groups in total. The van der Waals surface area contributed by atoms with Crippen LogP contribution in [-0.4, -0.2) is 16.1 Å². The number of aromatic carboxylic acids is 1. The van der Waals surface area contributed by atoms with E-state index >= 15 is 0 Å². The van der Waals surface area contributed by atoms with Crippen molar-refractivity contribution in [1.29, 1.82) is 0 Å². The zero-order chi connectivity index (χ0) is 11.8. The highest BCUT2D eigenvalue weighted by atomic mass is 127. The lowest BCUT2D eigenvalue weighted by Crippen LogP contribution is -2.16. The fourth-order valence-electron chi connectivity index (χ4n) is 0.937. The third kappa shape index (κ3) is 2.51. The molecular weight excluding hydrogens is 349 g/mol. The second kappa shape index (κ2) is 4.12. The van der Waals surface area contributed by atoms with E-state index in [0.717, 1.165) is 6.20 Å². The lowest BCUT2D eigenvalue weighted by Gasteiger charge is -2.12. The van der Waals surface area contributed by atoms with Crippen molar-refractivity contribution in [3.05, 3.63) is 26.0 Å². The summed E-state index contributed by atoms with van der Waals surface area (Å²) < 4.78 is 37.2. The number of hydrogen-bond acceptors (Lipinski definition) is 2. The van der Waals surface area contributed by atoms with Crippen molar-refractivity contribution in [3.63, 3.8) is 0 Å². The molecule has 1 heterocycles. The molecule has 1 aromatic rings. The Labute approximate surface area is 100 Å². The van der Waals surface area contributed by atoms with Gasteiger partial charge in [-0.05, 0) is 22.6 Å². The van der Waals surface area contributed by atoms with E-state index in [2.05, 4.69) is 4.98 Å². The summed E-state index contributed by atoms with van der Waals surface area (Å²) in [6.45, 7) is 0. The first-order chi connectivity index (χ1) is 6.75. The molecule has 8 heteroatoms. The second-order valence-electron chi connectivity index (χ2n) is 2.45. The first-order valence-electron chi connectivity index (χ1n) is 3.39. The van der Waals surface area contributed by atoms with Crippen molar-refractivity contribution in [1.82, 2.24) is 4.98 Å². The molecule has 1 aromatic heterocycles. The summed E-state index contributed by atoms with van der Waals surface area (Å²) in [6.07, 6.45) is -3.89. The minimum absolute atomic E-state index is 0.304. The van der Waals surface area contributed by atoms with Gasteiger partial charge in [-0.15, -0.1) is 0 Å². The average molecular weight is 351 g/mol. The third-order valence-electron chi connectivity index (χ3n) is 1.48. The normalized spacial score (nSPS) is 11.5. The van der Waals surface area contributed by atoms with Gasteiger partial charge in [0.2, 0.25) is 0 Å². The first kappa shape index (κ1) is 12.5. The highest BCUT2D eigenvalue weighted by Gasteiger charge is 2.39. The van der Waals surface area contributed by atoms with Gasteiger partial charge in [0.25, 0.3) is 0 Å². The number of alkyl halides is 3. The van der Waals surface area contributed by atoms with E-state index in [0.29, 0.717) is 0 Å². The molecule has 0 bridgehead atoms. The number of carboxylic acid groups (broad SMARTS) is 1. The van der Waals surface area contributed by atoms with Crippen molar-refractivity contribution in [2.45, 2.75) is 6.18 Å². The predicted molar refractivity (Wildman–Crippen MR) is 53.9 cm³/mol. The Balaban J connectivity index is 3.60. The molecule has 0 radical (unpaired) electrons. The number of aromatic nitrogens is 1. The number of pyridine rings is 1. The summed E-state index contributed by atoms with van der Waals surface area (Å²) >= 11 is 6.66. The van der Waals surface area contributed by atoms with Gasteiger partial charge >= 0.3 is 12.1 Å². The van der Waals surface area contributed by atoms with Crippen molar-refractivity contribution in [2.75, 3.05) is 0 Å². The fraction of sp³-hybridized carbons (Fsp3) is 0.143. The SMILES string of the molecule is O=C(O)c1c(Cl)ncc(I)c1C(F)(F)F. The standard InChI is InChI=1S/C7H2ClF3INO2/c8-5-3(6(14)15)4(7(9,10)11)2(12)1-13-5/h1H,(H,14,15). The van der Waals surface area contributed by atoms with Crippen molar-refractivity contribution < 1.29 is 23.1 Å². The zero-order valence-electron chi connectivity index (χ0n) is 6.77. The molecule has 0 amide bonds. The van der Waals surface area contributed by atoms with Gasteiger partial charge in [-0.25, -0.2) is 9.78 Å². The minimum atomic E-state index is -4.77. The van der Waals surface area contributed by atoms with Crippen molar-refractivity contribution in [2.24, 2.45) is 0 Å². The van der Waals surface area contributed by atoms with Crippen LogP contribution in [0.2, 0.25) is 5.15 Å². The smallest absolute Gasteiger partial charge is 0.418 e. The van der Waals surface area contributed by atoms with Crippen LogP contribution < -0.4 is 0 Å². The van der Waals surface area contributed by atoms with Gasteiger partial charge in [0.1, 0.15) is 10.7 Å². The van der Waals surface area contributed by atoms with Crippen LogP contribution in [0.3, 0.4) is 0 Å². The van der Waals surface area contributed by atoms with E-state index in [-0.39, 0.29) is 3.57 Å². The van der Waals surface area contributed by atoms with E-state index in [1.54, 1.807) is 0 Å². The van der Waals surface area contributed by atoms with Crippen molar-refractivity contribution in [3.8, 4) is 0 Å². The summed E-state index contributed by atoms with van der Waals surface area (Å²) in [5.41, 5.74) is -2.29. The monoisotopic (exact) mass is 351 g/mol. The van der Waals surface area contributed by atoms with Crippen LogP contribution in [0.25, 0.3) is 0 Å². The Hall–Kier alpha value is -0.570. The first-order valence-corrected chi connectivity index (χ1v) is 4.85. The van der Waals surface area contributed by atoms with Gasteiger partial charge < -0.3 is 5.11 Å². The molecule has 0 aliphatic carbocycles. The van der Waals surface area contributed by atoms with Crippen LogP contribution in [0.1, 0.15) is 15.9 Å². The Bertz CT molecular complexity index is 421. The molecule has 0 aliphatic heterocycles. The van der Waals surface area contributed by atoms with Gasteiger partial charge in [-0.3, -0.25) is 0 Å². The van der Waals surface area contributed by atoms with Crippen LogP contribution in [-0.2, 0) is 6.18 Å². The minimum Gasteiger partial charge on any atom is -0.478 e. The van der Waals surface area contributed by atoms with Gasteiger partial charge in [-0.2, -0.15) is 13.2 Å². The molecule has 0 unspecified atom stereocenters. The van der Waals surface area contributed by atoms with E-state index in [4.69, 9.17) is 16.7 Å². The maximum atomic E-state index is 12.5. The topological polar surface area (TPSA) is 50.2 Å². The van der Waals surface area contributed by atoms with Crippen LogP contribution in [0.15, 0.2) is 6.20 Å². The zero-order valence-corrected chi connectivity index (χ0v) is 9.68. The Morgan fingerprint density at radius 1 is 1.53 bits per heavy atom. The lowest BCUT2D eigenvalue weighted by atomic mass is 10.1. The largest absolute Gasteiger partial charge is 0.478 e. The molecule has 0 aromatic carbocycles. The summed E-state index contributed by atoms with van der Waals surface area (Å²) in [4.78, 5) is 14.0. The molecule has 82 valence electrons. The summed E-state index contributed by atoms with van der Waals surface area (Å²) in [5.74, 6) is -1.75. The van der Waals surface area contributed by atoms with Crippen LogP contribution >= 0.6 is 34.2 Å². The van der Waals surface area contributed by atoms with Crippen molar-refractivity contribution >= 4 is 40.2 Å². The summed E-state index contributed by atoms with van der Waals surface area (Å²) in [7, 11) is 0. The van der Waals surface area contributed by atoms with Gasteiger partial charge in [-0.1, -0.05) is 11.6 Å². The molecule has 1 rings (SSSR count). The molecular formula is C7H2ClF3INO2. The van der Waals surface area contributed by atoms with Gasteiger partial charge in [0.15, 0.2) is 0 Å². The maximum Gasteiger partial charge on any atom is 0.418 e. The number of nitrogens with zero attached hydrogens (tertiary/aromatic N) is 1. The van der Waals surface area contributed by atoms with Crippen LogP contribution in [0, 0.1) is 3.57 Å². The Morgan fingerprint density at radius 3 is 2.40 bits per heavy atom. The average Bonchev–Trinajstić information content (AvgIpc) is 2.05. The lowest BCUT2D eigenvalue weighted by molar-refractivity contribution is -0.138. The molecule has 0 fully saturated rings. The Morgan fingerprint density at radius 2 is 2.07 bits per heavy atom. The highest BCUT2D eigenvalue weighted by molar-refractivity contribution is 14.1.